The van der Waals surface area contributed by atoms with Crippen molar-refractivity contribution < 1.29 is 0 Å². The molecule has 0 bridgehead atoms. The number of hydrogen-bond acceptors (Lipinski definition) is 1. The predicted octanol–water partition coefficient (Wildman–Crippen LogP) is 2.47. The fourth-order valence-electron chi connectivity index (χ4n) is 0.976. The summed E-state index contributed by atoms with van der Waals surface area (Å²) in [4.78, 5) is 0. The van der Waals surface area contributed by atoms with Gasteiger partial charge in [-0.05, 0) is 18.5 Å². The van der Waals surface area contributed by atoms with Gasteiger partial charge in [0.1, 0.15) is 0 Å². The summed E-state index contributed by atoms with van der Waals surface area (Å²) in [6.07, 6.45) is 0. The molecule has 1 atom stereocenters. The van der Waals surface area contributed by atoms with Crippen LogP contribution in [0.2, 0.25) is 0 Å². The summed E-state index contributed by atoms with van der Waals surface area (Å²) >= 11 is 0. The first-order valence-electron chi connectivity index (χ1n) is 4.12. The minimum Gasteiger partial charge on any atom is -0.306 e. The summed E-state index contributed by atoms with van der Waals surface area (Å²) in [7, 11) is -0.517. The average molecular weight is 181 g/mol. The Morgan fingerprint density at radius 3 is 2.00 bits per heavy atom. The van der Waals surface area contributed by atoms with E-state index in [0.29, 0.717) is 0 Å². The van der Waals surface area contributed by atoms with Gasteiger partial charge in [0.15, 0.2) is 0 Å². The van der Waals surface area contributed by atoms with Crippen molar-refractivity contribution in [1.29, 1.82) is 0 Å². The van der Waals surface area contributed by atoms with Gasteiger partial charge >= 0.3 is 0 Å². The van der Waals surface area contributed by atoms with E-state index in [9.17, 15) is 0 Å². The van der Waals surface area contributed by atoms with E-state index in [0.717, 1.165) is 0 Å². The molecule has 66 valence electrons. The molecule has 2 heteroatoms. The zero-order valence-electron chi connectivity index (χ0n) is 7.91. The van der Waals surface area contributed by atoms with E-state index in [-0.39, 0.29) is 5.16 Å². The standard InChI is InChI=1S/C10H16NP/c1-10(2,3)12(11)9-7-5-4-6-8-9/h4-8H,11H2,1-3H3. The Kier molecular flexibility index (Phi) is 2.87. The van der Waals surface area contributed by atoms with Crippen LogP contribution in [0.25, 0.3) is 0 Å². The quantitative estimate of drug-likeness (QED) is 0.662. The summed E-state index contributed by atoms with van der Waals surface area (Å²) in [5.74, 6) is 0. The largest absolute Gasteiger partial charge is 0.306 e. The van der Waals surface area contributed by atoms with Gasteiger partial charge in [0.2, 0.25) is 0 Å². The molecule has 1 unspecified atom stereocenters. The van der Waals surface area contributed by atoms with Gasteiger partial charge in [0.25, 0.3) is 0 Å². The Bertz CT molecular complexity index is 238. The Labute approximate surface area is 75.8 Å². The molecule has 0 aliphatic carbocycles. The lowest BCUT2D eigenvalue weighted by Crippen LogP contribution is -2.23. The molecule has 0 amide bonds. The van der Waals surface area contributed by atoms with E-state index in [1.54, 1.807) is 0 Å². The van der Waals surface area contributed by atoms with Crippen molar-refractivity contribution in [3.05, 3.63) is 30.3 Å². The monoisotopic (exact) mass is 181 g/mol. The third kappa shape index (κ3) is 2.30. The SMILES string of the molecule is CC(C)(C)P(N)c1ccccc1. The summed E-state index contributed by atoms with van der Waals surface area (Å²) in [6.45, 7) is 6.56. The maximum atomic E-state index is 6.14. The van der Waals surface area contributed by atoms with Crippen molar-refractivity contribution >= 4 is 13.4 Å². The van der Waals surface area contributed by atoms with Gasteiger partial charge in [-0.25, -0.2) is 0 Å². The van der Waals surface area contributed by atoms with Gasteiger partial charge in [0, 0.05) is 0 Å². The first-order chi connectivity index (χ1) is 5.52. The molecule has 0 saturated carbocycles. The molecule has 0 spiro atoms. The molecule has 1 rings (SSSR count). The molecule has 1 aromatic carbocycles. The number of nitrogens with two attached hydrogens (primary N) is 1. The summed E-state index contributed by atoms with van der Waals surface area (Å²) in [5.41, 5.74) is 6.14. The Morgan fingerprint density at radius 2 is 1.58 bits per heavy atom. The number of rotatable bonds is 1. The van der Waals surface area contributed by atoms with Gasteiger partial charge < -0.3 is 5.50 Å². The zero-order valence-corrected chi connectivity index (χ0v) is 8.81. The van der Waals surface area contributed by atoms with Crippen LogP contribution in [0.5, 0.6) is 0 Å². The molecule has 0 radical (unpaired) electrons. The maximum Gasteiger partial charge on any atom is -0.000979 e. The normalized spacial score (nSPS) is 14.3. The minimum absolute atomic E-state index is 0.205. The van der Waals surface area contributed by atoms with Crippen LogP contribution >= 0.6 is 8.07 Å². The summed E-state index contributed by atoms with van der Waals surface area (Å²) in [5, 5.41) is 1.48. The molecule has 0 aromatic heterocycles. The lowest BCUT2D eigenvalue weighted by molar-refractivity contribution is 0.788. The molecular weight excluding hydrogens is 165 g/mol. The van der Waals surface area contributed by atoms with Crippen LogP contribution in [0.3, 0.4) is 0 Å². The molecule has 1 nitrogen and oxygen atoms in total. The molecular formula is C10H16NP. The first-order valence-corrected chi connectivity index (χ1v) is 5.53. The van der Waals surface area contributed by atoms with E-state index < -0.39 is 8.07 Å². The molecule has 0 saturated heterocycles. The minimum atomic E-state index is -0.517. The molecule has 1 aromatic rings. The Morgan fingerprint density at radius 1 is 1.08 bits per heavy atom. The molecule has 0 aliphatic rings. The number of benzene rings is 1. The Hall–Kier alpha value is -0.390. The van der Waals surface area contributed by atoms with Crippen LogP contribution in [-0.2, 0) is 0 Å². The van der Waals surface area contributed by atoms with E-state index in [4.69, 9.17) is 5.50 Å². The van der Waals surface area contributed by atoms with Crippen LogP contribution in [0, 0.1) is 0 Å². The van der Waals surface area contributed by atoms with Gasteiger partial charge in [-0.3, -0.25) is 0 Å². The van der Waals surface area contributed by atoms with Crippen molar-refractivity contribution in [2.45, 2.75) is 25.9 Å². The molecule has 2 N–H and O–H groups in total. The van der Waals surface area contributed by atoms with Gasteiger partial charge in [-0.15, -0.1) is 0 Å². The highest BCUT2D eigenvalue weighted by Crippen LogP contribution is 2.40. The highest BCUT2D eigenvalue weighted by atomic mass is 31.1. The second kappa shape index (κ2) is 3.55. The topological polar surface area (TPSA) is 26.0 Å². The van der Waals surface area contributed by atoms with Gasteiger partial charge in [-0.2, -0.15) is 0 Å². The molecule has 0 heterocycles. The average Bonchev–Trinajstić information content (AvgIpc) is 2.03. The van der Waals surface area contributed by atoms with Crippen molar-refractivity contribution in [3.63, 3.8) is 0 Å². The van der Waals surface area contributed by atoms with Crippen LogP contribution < -0.4 is 10.8 Å². The molecule has 0 fully saturated rings. The molecule has 12 heavy (non-hydrogen) atoms. The molecule has 0 aliphatic heterocycles. The highest BCUT2D eigenvalue weighted by Gasteiger charge is 2.21. The van der Waals surface area contributed by atoms with Crippen molar-refractivity contribution in [2.75, 3.05) is 0 Å². The van der Waals surface area contributed by atoms with Crippen molar-refractivity contribution in [2.24, 2.45) is 5.50 Å². The first kappa shape index (κ1) is 9.70. The smallest absolute Gasteiger partial charge is 0.000979 e. The van der Waals surface area contributed by atoms with E-state index in [2.05, 4.69) is 32.9 Å². The lowest BCUT2D eigenvalue weighted by Gasteiger charge is -2.27. The van der Waals surface area contributed by atoms with E-state index >= 15 is 0 Å². The van der Waals surface area contributed by atoms with Crippen molar-refractivity contribution in [1.82, 2.24) is 0 Å². The van der Waals surface area contributed by atoms with E-state index in [1.807, 2.05) is 18.2 Å². The lowest BCUT2D eigenvalue weighted by atomic mass is 10.3. The van der Waals surface area contributed by atoms with E-state index in [1.165, 1.54) is 5.30 Å². The van der Waals surface area contributed by atoms with Crippen LogP contribution in [-0.4, -0.2) is 5.16 Å². The maximum absolute atomic E-state index is 6.14. The zero-order chi connectivity index (χ0) is 9.19. The third-order valence-corrected chi connectivity index (χ3v) is 4.06. The van der Waals surface area contributed by atoms with Crippen molar-refractivity contribution in [3.8, 4) is 0 Å². The predicted molar refractivity (Wildman–Crippen MR) is 56.9 cm³/mol. The fourth-order valence-corrected chi connectivity index (χ4v) is 2.24. The van der Waals surface area contributed by atoms with Crippen LogP contribution in [0.15, 0.2) is 30.3 Å². The fraction of sp³-hybridized carbons (Fsp3) is 0.400. The highest BCUT2D eigenvalue weighted by molar-refractivity contribution is 7.64. The van der Waals surface area contributed by atoms with Crippen LogP contribution in [0.1, 0.15) is 20.8 Å². The van der Waals surface area contributed by atoms with Gasteiger partial charge in [-0.1, -0.05) is 51.1 Å². The van der Waals surface area contributed by atoms with Gasteiger partial charge in [0.05, 0.1) is 0 Å². The number of hydrogen-bond donors (Lipinski definition) is 1. The Balaban J connectivity index is 2.86. The summed E-state index contributed by atoms with van der Waals surface area (Å²) in [6, 6.07) is 10.3. The second-order valence-electron chi connectivity index (χ2n) is 3.88. The van der Waals surface area contributed by atoms with Crippen LogP contribution in [0.4, 0.5) is 0 Å². The second-order valence-corrected chi connectivity index (χ2v) is 6.47. The third-order valence-electron chi connectivity index (χ3n) is 1.76. The summed E-state index contributed by atoms with van der Waals surface area (Å²) < 4.78 is 0.